The fourth-order valence-corrected chi connectivity index (χ4v) is 2.45. The van der Waals surface area contributed by atoms with Crippen LogP contribution in [0.2, 0.25) is 0 Å². The van der Waals surface area contributed by atoms with Crippen molar-refractivity contribution in [2.24, 2.45) is 11.7 Å². The van der Waals surface area contributed by atoms with Gasteiger partial charge >= 0.3 is 0 Å². The first kappa shape index (κ1) is 13.4. The third-order valence-electron chi connectivity index (χ3n) is 3.54. The van der Waals surface area contributed by atoms with E-state index in [0.29, 0.717) is 17.3 Å². The normalized spacial score (nSPS) is 20.4. The Morgan fingerprint density at radius 2 is 2.06 bits per heavy atom. The Balaban J connectivity index is 2.56. The van der Waals surface area contributed by atoms with Crippen molar-refractivity contribution in [3.63, 3.8) is 0 Å². The van der Waals surface area contributed by atoms with Gasteiger partial charge in [-0.3, -0.25) is 4.79 Å². The molecule has 3 nitrogen and oxygen atoms in total. The van der Waals surface area contributed by atoms with Crippen LogP contribution in [0.5, 0.6) is 0 Å². The van der Waals surface area contributed by atoms with Crippen molar-refractivity contribution >= 4 is 23.1 Å². The van der Waals surface area contributed by atoms with Crippen LogP contribution in [0.1, 0.15) is 52.4 Å². The Kier molecular flexibility index (Phi) is 4.71. The van der Waals surface area contributed by atoms with Gasteiger partial charge in [-0.15, -0.1) is 0 Å². The maximum Gasteiger partial charge on any atom is 0.221 e. The molecule has 1 amide bonds. The first-order chi connectivity index (χ1) is 7.50. The van der Waals surface area contributed by atoms with Gasteiger partial charge in [0.1, 0.15) is 0 Å². The van der Waals surface area contributed by atoms with Crippen molar-refractivity contribution in [2.45, 2.75) is 57.9 Å². The predicted octanol–water partition coefficient (Wildman–Crippen LogP) is 2.14. The largest absolute Gasteiger partial charge is 0.391 e. The van der Waals surface area contributed by atoms with Gasteiger partial charge in [-0.1, -0.05) is 45.3 Å². The molecule has 4 heteroatoms. The molecule has 3 N–H and O–H groups in total. The van der Waals surface area contributed by atoms with Crippen LogP contribution in [-0.4, -0.2) is 16.4 Å². The second-order valence-corrected chi connectivity index (χ2v) is 5.36. The summed E-state index contributed by atoms with van der Waals surface area (Å²) in [4.78, 5) is 12.3. The Morgan fingerprint density at radius 3 is 2.50 bits per heavy atom. The summed E-state index contributed by atoms with van der Waals surface area (Å²) < 4.78 is 0. The molecule has 0 heterocycles. The molecule has 1 unspecified atom stereocenters. The van der Waals surface area contributed by atoms with E-state index in [4.69, 9.17) is 18.0 Å². The van der Waals surface area contributed by atoms with Crippen molar-refractivity contribution in [1.82, 2.24) is 5.32 Å². The van der Waals surface area contributed by atoms with Crippen molar-refractivity contribution in [1.29, 1.82) is 0 Å². The van der Waals surface area contributed by atoms with Crippen molar-refractivity contribution in [3.8, 4) is 0 Å². The van der Waals surface area contributed by atoms with E-state index in [-0.39, 0.29) is 11.4 Å². The molecule has 0 aromatic carbocycles. The van der Waals surface area contributed by atoms with Crippen LogP contribution in [0.15, 0.2) is 0 Å². The number of thiocarbonyl (C=S) groups is 1. The summed E-state index contributed by atoms with van der Waals surface area (Å²) in [6, 6.07) is 0. The molecule has 1 saturated carbocycles. The molecule has 1 rings (SSSR count). The molecular weight excluding hydrogens is 220 g/mol. The number of hydrogen-bond donors (Lipinski definition) is 2. The van der Waals surface area contributed by atoms with Gasteiger partial charge < -0.3 is 11.1 Å². The van der Waals surface area contributed by atoms with Crippen LogP contribution in [0.4, 0.5) is 0 Å². The van der Waals surface area contributed by atoms with Gasteiger partial charge in [-0.2, -0.15) is 0 Å². The first-order valence-corrected chi connectivity index (χ1v) is 6.52. The SMILES string of the molecule is CCC(C)CC(=O)NC1(C(N)=S)CCCC1. The summed E-state index contributed by atoms with van der Waals surface area (Å²) in [7, 11) is 0. The lowest BCUT2D eigenvalue weighted by Crippen LogP contribution is -2.55. The fraction of sp³-hybridized carbons (Fsp3) is 0.833. The summed E-state index contributed by atoms with van der Waals surface area (Å²) in [6.07, 6.45) is 5.58. The van der Waals surface area contributed by atoms with Crippen molar-refractivity contribution in [3.05, 3.63) is 0 Å². The number of carbonyl (C=O) groups is 1. The molecular formula is C12H22N2OS. The molecule has 0 aromatic heterocycles. The highest BCUT2D eigenvalue weighted by Gasteiger charge is 2.38. The molecule has 1 fully saturated rings. The molecule has 0 aromatic rings. The minimum atomic E-state index is -0.389. The number of amides is 1. The lowest BCUT2D eigenvalue weighted by atomic mass is 9.96. The molecule has 16 heavy (non-hydrogen) atoms. The molecule has 1 atom stereocenters. The zero-order valence-electron chi connectivity index (χ0n) is 10.2. The van der Waals surface area contributed by atoms with Crippen LogP contribution in [0.25, 0.3) is 0 Å². The second kappa shape index (κ2) is 5.62. The molecule has 0 radical (unpaired) electrons. The summed E-state index contributed by atoms with van der Waals surface area (Å²) >= 11 is 5.09. The van der Waals surface area contributed by atoms with Crippen molar-refractivity contribution in [2.75, 3.05) is 0 Å². The maximum absolute atomic E-state index is 11.9. The van der Waals surface area contributed by atoms with Crippen LogP contribution < -0.4 is 11.1 Å². The molecule has 0 spiro atoms. The van der Waals surface area contributed by atoms with Crippen LogP contribution in [-0.2, 0) is 4.79 Å². The van der Waals surface area contributed by atoms with E-state index in [1.807, 2.05) is 0 Å². The van der Waals surface area contributed by atoms with Crippen LogP contribution in [0.3, 0.4) is 0 Å². The molecule has 0 saturated heterocycles. The summed E-state index contributed by atoms with van der Waals surface area (Å²) in [5.74, 6) is 0.508. The van der Waals surface area contributed by atoms with Gasteiger partial charge in [-0.05, 0) is 18.8 Å². The van der Waals surface area contributed by atoms with Gasteiger partial charge in [0.2, 0.25) is 5.91 Å². The van der Waals surface area contributed by atoms with Gasteiger partial charge in [0, 0.05) is 6.42 Å². The average Bonchev–Trinajstić information content (AvgIpc) is 2.67. The van der Waals surface area contributed by atoms with Crippen LogP contribution >= 0.6 is 12.2 Å². The highest BCUT2D eigenvalue weighted by atomic mass is 32.1. The summed E-state index contributed by atoms with van der Waals surface area (Å²) in [6.45, 7) is 4.18. The maximum atomic E-state index is 11.9. The average molecular weight is 242 g/mol. The van der Waals surface area contributed by atoms with E-state index in [2.05, 4.69) is 19.2 Å². The number of carbonyl (C=O) groups excluding carboxylic acids is 1. The highest BCUT2D eigenvalue weighted by Crippen LogP contribution is 2.30. The lowest BCUT2D eigenvalue weighted by Gasteiger charge is -2.29. The molecule has 1 aliphatic carbocycles. The number of rotatable bonds is 5. The minimum absolute atomic E-state index is 0.0871. The van der Waals surface area contributed by atoms with E-state index in [0.717, 1.165) is 32.1 Å². The lowest BCUT2D eigenvalue weighted by molar-refractivity contribution is -0.123. The van der Waals surface area contributed by atoms with E-state index in [1.54, 1.807) is 0 Å². The molecule has 92 valence electrons. The minimum Gasteiger partial charge on any atom is -0.391 e. The quantitative estimate of drug-likeness (QED) is 0.726. The summed E-state index contributed by atoms with van der Waals surface area (Å²) in [5.41, 5.74) is 5.37. The van der Waals surface area contributed by atoms with E-state index >= 15 is 0 Å². The molecule has 0 aliphatic heterocycles. The van der Waals surface area contributed by atoms with Crippen molar-refractivity contribution < 1.29 is 4.79 Å². The second-order valence-electron chi connectivity index (χ2n) is 4.92. The Labute approximate surface area is 103 Å². The standard InChI is InChI=1S/C12H22N2OS/c1-3-9(2)8-10(15)14-12(11(13)16)6-4-5-7-12/h9H,3-8H2,1-2H3,(H2,13,16)(H,14,15). The number of nitrogens with two attached hydrogens (primary N) is 1. The predicted molar refractivity (Wildman–Crippen MR) is 70.2 cm³/mol. The Bertz CT molecular complexity index is 272. The number of nitrogens with one attached hydrogen (secondary N) is 1. The first-order valence-electron chi connectivity index (χ1n) is 6.11. The fourth-order valence-electron chi connectivity index (χ4n) is 2.19. The summed E-state index contributed by atoms with van der Waals surface area (Å²) in [5, 5.41) is 3.05. The molecule has 0 bridgehead atoms. The van der Waals surface area contributed by atoms with Gasteiger partial charge in [-0.25, -0.2) is 0 Å². The monoisotopic (exact) mass is 242 g/mol. The smallest absolute Gasteiger partial charge is 0.221 e. The Morgan fingerprint density at radius 1 is 1.50 bits per heavy atom. The number of hydrogen-bond acceptors (Lipinski definition) is 2. The third kappa shape index (κ3) is 3.17. The highest BCUT2D eigenvalue weighted by molar-refractivity contribution is 7.80. The molecule has 1 aliphatic rings. The zero-order valence-corrected chi connectivity index (χ0v) is 11.0. The third-order valence-corrected chi connectivity index (χ3v) is 3.93. The van der Waals surface area contributed by atoms with Gasteiger partial charge in [0.15, 0.2) is 0 Å². The van der Waals surface area contributed by atoms with Gasteiger partial charge in [0.05, 0.1) is 10.5 Å². The Hall–Kier alpha value is -0.640. The van der Waals surface area contributed by atoms with E-state index in [9.17, 15) is 4.79 Å². The van der Waals surface area contributed by atoms with E-state index in [1.165, 1.54) is 0 Å². The van der Waals surface area contributed by atoms with Gasteiger partial charge in [0.25, 0.3) is 0 Å². The zero-order chi connectivity index (χ0) is 12.2. The van der Waals surface area contributed by atoms with E-state index < -0.39 is 0 Å². The van der Waals surface area contributed by atoms with Crippen LogP contribution in [0, 0.1) is 5.92 Å². The topological polar surface area (TPSA) is 55.1 Å².